The lowest BCUT2D eigenvalue weighted by molar-refractivity contribution is -0.120. The number of hydrogen-bond acceptors (Lipinski definition) is 3. The van der Waals surface area contributed by atoms with E-state index in [4.69, 9.17) is 5.26 Å². The molecule has 0 unspecified atom stereocenters. The molecule has 92 valence electrons. The topological polar surface area (TPSA) is 82.0 Å². The van der Waals surface area contributed by atoms with Crippen LogP contribution in [0, 0.1) is 11.3 Å². The second kappa shape index (κ2) is 5.32. The summed E-state index contributed by atoms with van der Waals surface area (Å²) in [4.78, 5) is 23.0. The molecule has 1 fully saturated rings. The largest absolute Gasteiger partial charge is 0.352 e. The molecule has 0 aliphatic heterocycles. The minimum atomic E-state index is -0.314. The molecule has 1 aliphatic rings. The maximum atomic E-state index is 11.7. The first-order chi connectivity index (χ1) is 8.69. The molecule has 5 heteroatoms. The van der Waals surface area contributed by atoms with Crippen LogP contribution in [-0.2, 0) is 4.79 Å². The summed E-state index contributed by atoms with van der Waals surface area (Å²) in [5.41, 5.74) is 0.936. The molecule has 1 aromatic carbocycles. The summed E-state index contributed by atoms with van der Waals surface area (Å²) in [5.74, 6) is -0.482. The van der Waals surface area contributed by atoms with Crippen molar-refractivity contribution in [3.63, 3.8) is 0 Å². The average molecular weight is 243 g/mol. The Morgan fingerprint density at radius 1 is 1.28 bits per heavy atom. The Bertz CT molecular complexity index is 498. The van der Waals surface area contributed by atoms with Crippen molar-refractivity contribution in [3.8, 4) is 6.07 Å². The predicted molar refractivity (Wildman–Crippen MR) is 64.7 cm³/mol. The fourth-order valence-corrected chi connectivity index (χ4v) is 1.47. The summed E-state index contributed by atoms with van der Waals surface area (Å²) in [7, 11) is 0. The van der Waals surface area contributed by atoms with Crippen LogP contribution in [0.25, 0.3) is 0 Å². The molecule has 2 amide bonds. The number of carbonyl (C=O) groups excluding carboxylic acids is 2. The van der Waals surface area contributed by atoms with Gasteiger partial charge in [-0.1, -0.05) is 0 Å². The lowest BCUT2D eigenvalue weighted by atomic mass is 10.1. The van der Waals surface area contributed by atoms with Crippen LogP contribution < -0.4 is 10.6 Å². The Labute approximate surface area is 105 Å². The zero-order valence-corrected chi connectivity index (χ0v) is 9.77. The zero-order valence-electron chi connectivity index (χ0n) is 9.77. The highest BCUT2D eigenvalue weighted by Crippen LogP contribution is 2.18. The van der Waals surface area contributed by atoms with Crippen LogP contribution in [-0.4, -0.2) is 24.4 Å². The molecule has 0 radical (unpaired) electrons. The highest BCUT2D eigenvalue weighted by molar-refractivity contribution is 5.96. The Balaban J connectivity index is 1.82. The number of nitrogens with zero attached hydrogens (tertiary/aromatic N) is 1. The van der Waals surface area contributed by atoms with Gasteiger partial charge in [-0.3, -0.25) is 9.59 Å². The summed E-state index contributed by atoms with van der Waals surface area (Å²) in [6, 6.07) is 8.53. The van der Waals surface area contributed by atoms with Crippen molar-refractivity contribution >= 4 is 11.8 Å². The molecule has 0 atom stereocenters. The van der Waals surface area contributed by atoms with E-state index in [0.29, 0.717) is 17.2 Å². The Kier molecular flexibility index (Phi) is 3.58. The molecule has 1 saturated carbocycles. The molecule has 0 heterocycles. The molecule has 5 nitrogen and oxygen atoms in total. The molecule has 0 aromatic heterocycles. The highest BCUT2D eigenvalue weighted by atomic mass is 16.2. The van der Waals surface area contributed by atoms with Crippen molar-refractivity contribution in [3.05, 3.63) is 35.4 Å². The number of nitrogens with one attached hydrogen (secondary N) is 2. The van der Waals surface area contributed by atoms with Gasteiger partial charge in [0.15, 0.2) is 0 Å². The smallest absolute Gasteiger partial charge is 0.251 e. The van der Waals surface area contributed by atoms with Crippen LogP contribution >= 0.6 is 0 Å². The standard InChI is InChI=1S/C13H13N3O2/c14-7-9-1-3-10(4-2-9)13(18)15-8-12(17)16-11-5-6-11/h1-4,11H,5-6,8H2,(H,15,18)(H,16,17). The van der Waals surface area contributed by atoms with E-state index < -0.39 is 0 Å². The number of benzene rings is 1. The first-order valence-corrected chi connectivity index (χ1v) is 5.77. The van der Waals surface area contributed by atoms with Gasteiger partial charge in [-0.25, -0.2) is 0 Å². The van der Waals surface area contributed by atoms with Crippen molar-refractivity contribution in [1.82, 2.24) is 10.6 Å². The lowest BCUT2D eigenvalue weighted by Gasteiger charge is -2.05. The van der Waals surface area contributed by atoms with Gasteiger partial charge in [0.05, 0.1) is 18.2 Å². The summed E-state index contributed by atoms with van der Waals surface area (Å²) >= 11 is 0. The van der Waals surface area contributed by atoms with E-state index in [-0.39, 0.29) is 18.4 Å². The molecule has 0 bridgehead atoms. The van der Waals surface area contributed by atoms with Crippen molar-refractivity contribution in [2.75, 3.05) is 6.54 Å². The molecule has 18 heavy (non-hydrogen) atoms. The van der Waals surface area contributed by atoms with Crippen molar-refractivity contribution in [2.24, 2.45) is 0 Å². The highest BCUT2D eigenvalue weighted by Gasteiger charge is 2.23. The maximum absolute atomic E-state index is 11.7. The molecule has 2 N–H and O–H groups in total. The van der Waals surface area contributed by atoms with Crippen LogP contribution in [0.3, 0.4) is 0 Å². The minimum Gasteiger partial charge on any atom is -0.352 e. The van der Waals surface area contributed by atoms with Crippen LogP contribution in [0.15, 0.2) is 24.3 Å². The Hall–Kier alpha value is -2.35. The van der Waals surface area contributed by atoms with Crippen LogP contribution in [0.5, 0.6) is 0 Å². The van der Waals surface area contributed by atoms with Gasteiger partial charge in [0.2, 0.25) is 5.91 Å². The third kappa shape index (κ3) is 3.32. The van der Waals surface area contributed by atoms with Gasteiger partial charge in [0, 0.05) is 11.6 Å². The van der Waals surface area contributed by atoms with E-state index in [0.717, 1.165) is 12.8 Å². The normalized spacial score (nSPS) is 13.5. The minimum absolute atomic E-state index is 0.0185. The average Bonchev–Trinajstić information content (AvgIpc) is 3.20. The van der Waals surface area contributed by atoms with E-state index in [9.17, 15) is 9.59 Å². The first-order valence-electron chi connectivity index (χ1n) is 5.77. The summed E-state index contributed by atoms with van der Waals surface area (Å²) in [6.07, 6.45) is 2.05. The summed E-state index contributed by atoms with van der Waals surface area (Å²) < 4.78 is 0. The van der Waals surface area contributed by atoms with Gasteiger partial charge in [-0.05, 0) is 37.1 Å². The van der Waals surface area contributed by atoms with Gasteiger partial charge in [0.1, 0.15) is 0 Å². The van der Waals surface area contributed by atoms with E-state index in [2.05, 4.69) is 10.6 Å². The third-order valence-electron chi connectivity index (χ3n) is 2.63. The van der Waals surface area contributed by atoms with Crippen LogP contribution in [0.4, 0.5) is 0 Å². The van der Waals surface area contributed by atoms with Gasteiger partial charge in [-0.15, -0.1) is 0 Å². The molecule has 1 aromatic rings. The SMILES string of the molecule is N#Cc1ccc(C(=O)NCC(=O)NC2CC2)cc1. The van der Waals surface area contributed by atoms with E-state index in [1.807, 2.05) is 6.07 Å². The molecule has 0 spiro atoms. The summed E-state index contributed by atoms with van der Waals surface area (Å²) in [5, 5.41) is 13.9. The Morgan fingerprint density at radius 3 is 2.50 bits per heavy atom. The second-order valence-corrected chi connectivity index (χ2v) is 4.21. The molecular weight excluding hydrogens is 230 g/mol. The monoisotopic (exact) mass is 243 g/mol. The summed E-state index contributed by atoms with van der Waals surface area (Å²) in [6.45, 7) is -0.0185. The lowest BCUT2D eigenvalue weighted by Crippen LogP contribution is -2.37. The van der Waals surface area contributed by atoms with Gasteiger partial charge in [0.25, 0.3) is 5.91 Å². The zero-order chi connectivity index (χ0) is 13.0. The number of carbonyl (C=O) groups is 2. The number of hydrogen-bond donors (Lipinski definition) is 2. The molecular formula is C13H13N3O2. The quantitative estimate of drug-likeness (QED) is 0.811. The van der Waals surface area contributed by atoms with E-state index in [1.165, 1.54) is 0 Å². The fourth-order valence-electron chi connectivity index (χ4n) is 1.47. The van der Waals surface area contributed by atoms with Crippen molar-refractivity contribution < 1.29 is 9.59 Å². The number of rotatable bonds is 4. The van der Waals surface area contributed by atoms with E-state index in [1.54, 1.807) is 24.3 Å². The van der Waals surface area contributed by atoms with E-state index >= 15 is 0 Å². The number of nitriles is 1. The van der Waals surface area contributed by atoms with Crippen molar-refractivity contribution in [2.45, 2.75) is 18.9 Å². The number of amides is 2. The van der Waals surface area contributed by atoms with Gasteiger partial charge in [-0.2, -0.15) is 5.26 Å². The predicted octanol–water partition coefficient (Wildman–Crippen LogP) is 0.567. The van der Waals surface area contributed by atoms with Gasteiger partial charge >= 0.3 is 0 Å². The third-order valence-corrected chi connectivity index (χ3v) is 2.63. The molecule has 0 saturated heterocycles. The van der Waals surface area contributed by atoms with Crippen molar-refractivity contribution in [1.29, 1.82) is 5.26 Å². The molecule has 1 aliphatic carbocycles. The van der Waals surface area contributed by atoms with Gasteiger partial charge < -0.3 is 10.6 Å². The first kappa shape index (κ1) is 12.1. The second-order valence-electron chi connectivity index (χ2n) is 4.21. The van der Waals surface area contributed by atoms with Crippen LogP contribution in [0.1, 0.15) is 28.8 Å². The molecule has 2 rings (SSSR count). The maximum Gasteiger partial charge on any atom is 0.251 e. The Morgan fingerprint density at radius 2 is 1.94 bits per heavy atom. The van der Waals surface area contributed by atoms with Crippen LogP contribution in [0.2, 0.25) is 0 Å². The fraction of sp³-hybridized carbons (Fsp3) is 0.308.